The highest BCUT2D eigenvalue weighted by molar-refractivity contribution is 7.89. The Morgan fingerprint density at radius 2 is 1.58 bits per heavy atom. The number of piperazine rings is 1. The smallest absolute Gasteiger partial charge is 0.243 e. The largest absolute Gasteiger partial charge is 0.496 e. The molecule has 3 rings (SSSR count). The minimum atomic E-state index is -3.61. The minimum absolute atomic E-state index is 0.116. The number of rotatable bonds is 8. The van der Waals surface area contributed by atoms with Crippen LogP contribution < -0.4 is 4.74 Å². The SMILES string of the molecule is COc1ccc(S(=O)(=O)N(C)C)cc1CCC(=O)N1CCN(S(=O)(=O)c2ccccc2)CC1. The summed E-state index contributed by atoms with van der Waals surface area (Å²) in [5.41, 5.74) is 0.624. The standard InChI is InChI=1S/C22H29N3O6S2/c1-23(2)32(27,28)20-10-11-21(31-3)18(17-20)9-12-22(26)24-13-15-25(16-14-24)33(29,30)19-7-5-4-6-8-19/h4-8,10-11,17H,9,12-16H2,1-3H3. The van der Waals surface area contributed by atoms with Gasteiger partial charge in [0, 0.05) is 46.7 Å². The number of benzene rings is 2. The van der Waals surface area contributed by atoms with Crippen LogP contribution in [0.2, 0.25) is 0 Å². The van der Waals surface area contributed by atoms with Crippen molar-refractivity contribution < 1.29 is 26.4 Å². The number of methoxy groups -OCH3 is 1. The molecule has 1 fully saturated rings. The van der Waals surface area contributed by atoms with E-state index in [0.717, 1.165) is 4.31 Å². The van der Waals surface area contributed by atoms with E-state index in [1.54, 1.807) is 41.3 Å². The van der Waals surface area contributed by atoms with E-state index in [9.17, 15) is 21.6 Å². The second-order valence-corrected chi connectivity index (χ2v) is 11.9. The van der Waals surface area contributed by atoms with E-state index in [4.69, 9.17) is 4.74 Å². The van der Waals surface area contributed by atoms with Crippen LogP contribution in [0, 0.1) is 0 Å². The summed E-state index contributed by atoms with van der Waals surface area (Å²) >= 11 is 0. The molecule has 0 aromatic heterocycles. The molecule has 1 saturated heterocycles. The van der Waals surface area contributed by atoms with Gasteiger partial charge in [-0.1, -0.05) is 18.2 Å². The first-order chi connectivity index (χ1) is 15.6. The molecule has 180 valence electrons. The molecular formula is C22H29N3O6S2. The Morgan fingerprint density at radius 3 is 2.15 bits per heavy atom. The van der Waals surface area contributed by atoms with Crippen LogP contribution in [0.1, 0.15) is 12.0 Å². The van der Waals surface area contributed by atoms with Gasteiger partial charge in [0.1, 0.15) is 5.75 Å². The van der Waals surface area contributed by atoms with E-state index in [2.05, 4.69) is 0 Å². The number of carbonyl (C=O) groups is 1. The predicted molar refractivity (Wildman–Crippen MR) is 124 cm³/mol. The second kappa shape index (κ2) is 10.2. The van der Waals surface area contributed by atoms with Crippen molar-refractivity contribution in [1.29, 1.82) is 0 Å². The van der Waals surface area contributed by atoms with E-state index in [0.29, 0.717) is 30.8 Å². The Morgan fingerprint density at radius 1 is 0.939 bits per heavy atom. The van der Waals surface area contributed by atoms with Gasteiger partial charge in [-0.2, -0.15) is 4.31 Å². The van der Waals surface area contributed by atoms with Gasteiger partial charge in [0.05, 0.1) is 16.9 Å². The molecule has 1 amide bonds. The normalized spacial score (nSPS) is 15.6. The van der Waals surface area contributed by atoms with Crippen molar-refractivity contribution >= 4 is 26.0 Å². The van der Waals surface area contributed by atoms with Crippen molar-refractivity contribution in [1.82, 2.24) is 13.5 Å². The van der Waals surface area contributed by atoms with Crippen molar-refractivity contribution in [3.8, 4) is 5.75 Å². The van der Waals surface area contributed by atoms with Crippen LogP contribution in [0.15, 0.2) is 58.3 Å². The highest BCUT2D eigenvalue weighted by Crippen LogP contribution is 2.25. The summed E-state index contributed by atoms with van der Waals surface area (Å²) in [6.45, 7) is 1.06. The molecule has 11 heteroatoms. The topological polar surface area (TPSA) is 104 Å². The average molecular weight is 496 g/mol. The van der Waals surface area contributed by atoms with Gasteiger partial charge in [-0.05, 0) is 42.3 Å². The summed E-state index contributed by atoms with van der Waals surface area (Å²) in [6, 6.07) is 12.8. The van der Waals surface area contributed by atoms with E-state index >= 15 is 0 Å². The number of carbonyl (C=O) groups excluding carboxylic acids is 1. The van der Waals surface area contributed by atoms with Gasteiger partial charge in [0.2, 0.25) is 26.0 Å². The van der Waals surface area contributed by atoms with Gasteiger partial charge in [0.15, 0.2) is 0 Å². The zero-order valence-corrected chi connectivity index (χ0v) is 20.6. The number of hydrogen-bond donors (Lipinski definition) is 0. The lowest BCUT2D eigenvalue weighted by molar-refractivity contribution is -0.132. The molecule has 0 radical (unpaired) electrons. The molecule has 9 nitrogen and oxygen atoms in total. The van der Waals surface area contributed by atoms with Crippen LogP contribution in [0.3, 0.4) is 0 Å². The fourth-order valence-corrected chi connectivity index (χ4v) is 6.04. The van der Waals surface area contributed by atoms with Crippen LogP contribution >= 0.6 is 0 Å². The Hall–Kier alpha value is -2.47. The predicted octanol–water partition coefficient (Wildman–Crippen LogP) is 1.41. The number of ether oxygens (including phenoxy) is 1. The lowest BCUT2D eigenvalue weighted by Crippen LogP contribution is -2.50. The third-order valence-corrected chi connectivity index (χ3v) is 9.33. The van der Waals surface area contributed by atoms with Gasteiger partial charge in [0.25, 0.3) is 0 Å². The van der Waals surface area contributed by atoms with Crippen LogP contribution in [-0.2, 0) is 31.3 Å². The monoisotopic (exact) mass is 495 g/mol. The molecule has 0 bridgehead atoms. The van der Waals surface area contributed by atoms with Crippen molar-refractivity contribution in [3.63, 3.8) is 0 Å². The van der Waals surface area contributed by atoms with Gasteiger partial charge < -0.3 is 9.64 Å². The molecule has 1 heterocycles. The van der Waals surface area contributed by atoms with Gasteiger partial charge in [-0.15, -0.1) is 0 Å². The fraction of sp³-hybridized carbons (Fsp3) is 0.409. The molecule has 0 aliphatic carbocycles. The zero-order chi connectivity index (χ0) is 24.2. The zero-order valence-electron chi connectivity index (χ0n) is 19.0. The van der Waals surface area contributed by atoms with Gasteiger partial charge >= 0.3 is 0 Å². The number of hydrogen-bond acceptors (Lipinski definition) is 6. The van der Waals surface area contributed by atoms with Gasteiger partial charge in [-0.25, -0.2) is 21.1 Å². The summed E-state index contributed by atoms with van der Waals surface area (Å²) in [5, 5.41) is 0. The number of sulfonamides is 2. The van der Waals surface area contributed by atoms with Crippen LogP contribution in [0.25, 0.3) is 0 Å². The molecule has 0 atom stereocenters. The lowest BCUT2D eigenvalue weighted by atomic mass is 10.1. The Labute approximate surface area is 195 Å². The van der Waals surface area contributed by atoms with Crippen molar-refractivity contribution in [3.05, 3.63) is 54.1 Å². The Balaban J connectivity index is 1.63. The fourth-order valence-electron chi connectivity index (χ4n) is 3.64. The van der Waals surface area contributed by atoms with Crippen molar-refractivity contribution in [2.75, 3.05) is 47.4 Å². The van der Waals surface area contributed by atoms with Crippen LogP contribution in [-0.4, -0.2) is 83.6 Å². The molecular weight excluding hydrogens is 466 g/mol. The highest BCUT2D eigenvalue weighted by atomic mass is 32.2. The first-order valence-electron chi connectivity index (χ1n) is 10.5. The summed E-state index contributed by atoms with van der Waals surface area (Å²) in [4.78, 5) is 14.8. The van der Waals surface area contributed by atoms with E-state index in [1.165, 1.54) is 37.6 Å². The number of nitrogens with zero attached hydrogens (tertiary/aromatic N) is 3. The average Bonchev–Trinajstić information content (AvgIpc) is 2.82. The minimum Gasteiger partial charge on any atom is -0.496 e. The Bertz CT molecular complexity index is 1190. The molecule has 0 unspecified atom stereocenters. The molecule has 2 aromatic rings. The number of aryl methyl sites for hydroxylation is 1. The summed E-state index contributed by atoms with van der Waals surface area (Å²) in [6.07, 6.45) is 0.467. The molecule has 1 aliphatic heterocycles. The molecule has 0 saturated carbocycles. The first kappa shape index (κ1) is 25.2. The Kier molecular flexibility index (Phi) is 7.78. The molecule has 0 spiro atoms. The van der Waals surface area contributed by atoms with Gasteiger partial charge in [-0.3, -0.25) is 4.79 Å². The van der Waals surface area contributed by atoms with E-state index in [1.807, 2.05) is 0 Å². The third-order valence-electron chi connectivity index (χ3n) is 5.61. The van der Waals surface area contributed by atoms with E-state index < -0.39 is 20.0 Å². The van der Waals surface area contributed by atoms with Crippen LogP contribution in [0.4, 0.5) is 0 Å². The quantitative estimate of drug-likeness (QED) is 0.549. The molecule has 0 N–H and O–H groups in total. The van der Waals surface area contributed by atoms with Crippen LogP contribution in [0.5, 0.6) is 5.75 Å². The van der Waals surface area contributed by atoms with E-state index in [-0.39, 0.29) is 35.2 Å². The highest BCUT2D eigenvalue weighted by Gasteiger charge is 2.30. The maximum atomic E-state index is 12.8. The molecule has 1 aliphatic rings. The molecule has 33 heavy (non-hydrogen) atoms. The maximum Gasteiger partial charge on any atom is 0.243 e. The maximum absolute atomic E-state index is 12.8. The molecule has 2 aromatic carbocycles. The summed E-state index contributed by atoms with van der Waals surface area (Å²) in [7, 11) is -2.78. The third kappa shape index (κ3) is 5.55. The first-order valence-corrected chi connectivity index (χ1v) is 13.4. The van der Waals surface area contributed by atoms with Crippen molar-refractivity contribution in [2.24, 2.45) is 0 Å². The second-order valence-electron chi connectivity index (χ2n) is 7.86. The number of amides is 1. The summed E-state index contributed by atoms with van der Waals surface area (Å²) in [5.74, 6) is 0.397. The summed E-state index contributed by atoms with van der Waals surface area (Å²) < 4.78 is 58.3. The van der Waals surface area contributed by atoms with Crippen molar-refractivity contribution in [2.45, 2.75) is 22.6 Å². The lowest BCUT2D eigenvalue weighted by Gasteiger charge is -2.34.